The summed E-state index contributed by atoms with van der Waals surface area (Å²) < 4.78 is 16.8. The Balaban J connectivity index is 1.34. The molecule has 220 valence electrons. The second-order valence-corrected chi connectivity index (χ2v) is 12.4. The topological polar surface area (TPSA) is 115 Å². The fourth-order valence-corrected chi connectivity index (χ4v) is 8.07. The molecule has 1 fully saturated rings. The summed E-state index contributed by atoms with van der Waals surface area (Å²) >= 11 is 2.25. The van der Waals surface area contributed by atoms with E-state index in [1.807, 2.05) is 37.3 Å². The van der Waals surface area contributed by atoms with Crippen LogP contribution in [-0.4, -0.2) is 41.7 Å². The second-order valence-electron chi connectivity index (χ2n) is 10.2. The van der Waals surface area contributed by atoms with E-state index in [4.69, 9.17) is 14.2 Å². The van der Waals surface area contributed by atoms with Gasteiger partial charge in [0.2, 0.25) is 11.8 Å². The molecule has 9 nitrogen and oxygen atoms in total. The molecule has 2 aliphatic heterocycles. The molecule has 3 heterocycles. The number of fused-ring (bicyclic) bond motifs is 2. The third-order valence-corrected chi connectivity index (χ3v) is 9.89. The molecule has 1 aromatic heterocycles. The number of carbonyl (C=O) groups is 3. The van der Waals surface area contributed by atoms with E-state index >= 15 is 0 Å². The molecule has 0 aliphatic carbocycles. The molecule has 2 aliphatic rings. The summed E-state index contributed by atoms with van der Waals surface area (Å²) in [7, 11) is 1.55. The number of hydrogen-bond acceptors (Lipinski definition) is 9. The number of benzene rings is 3. The molecule has 4 aromatic rings. The zero-order valence-electron chi connectivity index (χ0n) is 23.6. The number of ether oxygens (including phenoxy) is 3. The molecule has 0 radical (unpaired) electrons. The highest BCUT2D eigenvalue weighted by molar-refractivity contribution is 8.00. The van der Waals surface area contributed by atoms with Gasteiger partial charge in [-0.1, -0.05) is 59.0 Å². The van der Waals surface area contributed by atoms with E-state index < -0.39 is 23.1 Å². The predicted molar refractivity (Wildman–Crippen MR) is 163 cm³/mol. The highest BCUT2D eigenvalue weighted by Gasteiger charge is 2.56. The number of anilines is 1. The smallest absolute Gasteiger partial charge is 0.338 e. The van der Waals surface area contributed by atoms with Crippen LogP contribution in [0.25, 0.3) is 0 Å². The average molecular weight is 617 g/mol. The molecular weight excluding hydrogens is 588 g/mol. The van der Waals surface area contributed by atoms with Crippen LogP contribution in [0.5, 0.6) is 11.5 Å². The van der Waals surface area contributed by atoms with E-state index in [2.05, 4.69) is 11.1 Å². The first-order chi connectivity index (χ1) is 20.8. The number of imide groups is 1. The van der Waals surface area contributed by atoms with E-state index in [9.17, 15) is 19.2 Å². The molecule has 3 aromatic carbocycles. The molecule has 0 spiro atoms. The van der Waals surface area contributed by atoms with Crippen LogP contribution >= 0.6 is 23.1 Å². The molecule has 3 unspecified atom stereocenters. The number of aryl methyl sites for hydroxylation is 1. The standard InChI is InChI=1S/C32H28N2O7S2/c1-4-40-31(37)19-8-11-21(12-9-19)34-29(35)25-24(26-28(33-32(38)43-26)42-27(25)30(34)36)20-10-13-22(23(15-20)39-3)41-16-18-7-5-6-17(2)14-18/h5-15,24-25,27H,4,16H2,1-3H3,(H,33,38). The van der Waals surface area contributed by atoms with Crippen molar-refractivity contribution in [2.45, 2.75) is 36.6 Å². The van der Waals surface area contributed by atoms with Crippen LogP contribution in [-0.2, 0) is 20.9 Å². The molecule has 0 bridgehead atoms. The lowest BCUT2D eigenvalue weighted by Crippen LogP contribution is -2.32. The number of aromatic nitrogens is 1. The van der Waals surface area contributed by atoms with Gasteiger partial charge in [0.15, 0.2) is 11.5 Å². The van der Waals surface area contributed by atoms with Gasteiger partial charge < -0.3 is 19.2 Å². The lowest BCUT2D eigenvalue weighted by Gasteiger charge is -2.30. The van der Waals surface area contributed by atoms with Crippen molar-refractivity contribution in [3.05, 3.63) is 104 Å². The van der Waals surface area contributed by atoms with Gasteiger partial charge in [0.1, 0.15) is 11.9 Å². The lowest BCUT2D eigenvalue weighted by atomic mass is 9.83. The van der Waals surface area contributed by atoms with Gasteiger partial charge in [0, 0.05) is 10.8 Å². The Morgan fingerprint density at radius 2 is 1.77 bits per heavy atom. The van der Waals surface area contributed by atoms with E-state index in [0.29, 0.717) is 39.3 Å². The first-order valence-electron chi connectivity index (χ1n) is 13.7. The number of thioether (sulfide) groups is 1. The minimum Gasteiger partial charge on any atom is -0.493 e. The largest absolute Gasteiger partial charge is 0.493 e. The third-order valence-electron chi connectivity index (χ3n) is 7.48. The molecule has 11 heteroatoms. The number of nitrogens with zero attached hydrogens (tertiary/aromatic N) is 1. The number of rotatable bonds is 8. The molecule has 0 saturated carbocycles. The maximum Gasteiger partial charge on any atom is 0.338 e. The Morgan fingerprint density at radius 1 is 0.977 bits per heavy atom. The number of hydrogen-bond donors (Lipinski definition) is 1. The number of amides is 2. The average Bonchev–Trinajstić information content (AvgIpc) is 3.50. The van der Waals surface area contributed by atoms with Gasteiger partial charge in [-0.25, -0.2) is 9.69 Å². The zero-order valence-corrected chi connectivity index (χ0v) is 25.3. The minimum absolute atomic E-state index is 0.239. The summed E-state index contributed by atoms with van der Waals surface area (Å²) in [4.78, 5) is 56.8. The fraction of sp³-hybridized carbons (Fsp3) is 0.250. The number of esters is 1. The monoisotopic (exact) mass is 616 g/mol. The van der Waals surface area contributed by atoms with E-state index in [-0.39, 0.29) is 23.3 Å². The summed E-state index contributed by atoms with van der Waals surface area (Å²) in [6.07, 6.45) is 0. The van der Waals surface area contributed by atoms with Crippen molar-refractivity contribution in [1.82, 2.24) is 4.98 Å². The Kier molecular flexibility index (Phi) is 7.85. The maximum absolute atomic E-state index is 14.0. The molecule has 2 amide bonds. The van der Waals surface area contributed by atoms with Crippen LogP contribution in [0.2, 0.25) is 0 Å². The van der Waals surface area contributed by atoms with E-state index in [1.54, 1.807) is 32.2 Å². The number of aromatic amines is 1. The van der Waals surface area contributed by atoms with Crippen LogP contribution in [0.4, 0.5) is 5.69 Å². The number of methoxy groups -OCH3 is 1. The highest BCUT2D eigenvalue weighted by atomic mass is 32.2. The summed E-state index contributed by atoms with van der Waals surface area (Å²) in [5.74, 6) is -1.54. The first kappa shape index (κ1) is 28.8. The molecule has 6 rings (SSSR count). The molecule has 3 atom stereocenters. The van der Waals surface area contributed by atoms with Crippen molar-refractivity contribution in [3.63, 3.8) is 0 Å². The zero-order chi connectivity index (χ0) is 30.2. The Morgan fingerprint density at radius 3 is 2.49 bits per heavy atom. The van der Waals surface area contributed by atoms with Crippen molar-refractivity contribution in [2.24, 2.45) is 5.92 Å². The maximum atomic E-state index is 14.0. The van der Waals surface area contributed by atoms with Crippen molar-refractivity contribution < 1.29 is 28.6 Å². The van der Waals surface area contributed by atoms with Crippen molar-refractivity contribution in [3.8, 4) is 11.5 Å². The Labute approximate surface area is 255 Å². The van der Waals surface area contributed by atoms with Crippen LogP contribution in [0.15, 0.2) is 76.6 Å². The van der Waals surface area contributed by atoms with Crippen molar-refractivity contribution in [1.29, 1.82) is 0 Å². The predicted octanol–water partition coefficient (Wildman–Crippen LogP) is 5.30. The Hall–Kier alpha value is -4.35. The second kappa shape index (κ2) is 11.7. The van der Waals surface area contributed by atoms with Gasteiger partial charge in [-0.2, -0.15) is 0 Å². The van der Waals surface area contributed by atoms with Crippen molar-refractivity contribution >= 4 is 46.6 Å². The summed E-state index contributed by atoms with van der Waals surface area (Å²) in [6, 6.07) is 19.7. The van der Waals surface area contributed by atoms with Crippen LogP contribution in [0.1, 0.15) is 44.8 Å². The summed E-state index contributed by atoms with van der Waals surface area (Å²) in [5, 5.41) is -0.163. The molecule has 43 heavy (non-hydrogen) atoms. The quantitative estimate of drug-likeness (QED) is 0.209. The number of thiazole rings is 1. The molecule has 1 N–H and O–H groups in total. The van der Waals surface area contributed by atoms with E-state index in [0.717, 1.165) is 28.0 Å². The number of H-pyrrole nitrogens is 1. The molecule has 1 saturated heterocycles. The fourth-order valence-electron chi connectivity index (χ4n) is 5.55. The van der Waals surface area contributed by atoms with E-state index in [1.165, 1.54) is 28.8 Å². The van der Waals surface area contributed by atoms with Crippen LogP contribution in [0, 0.1) is 12.8 Å². The minimum atomic E-state index is -0.759. The normalized spacial score (nSPS) is 19.1. The molecular formula is C32H28N2O7S2. The number of carbonyl (C=O) groups excluding carboxylic acids is 3. The summed E-state index contributed by atoms with van der Waals surface area (Å²) in [6.45, 7) is 4.33. The SMILES string of the molecule is CCOC(=O)c1ccc(N2C(=O)C3Sc4[nH]c(=O)sc4C(c4ccc(OCc5cccc(C)c5)c(OC)c4)C3C2=O)cc1. The third kappa shape index (κ3) is 5.34. The van der Waals surface area contributed by atoms with Gasteiger partial charge in [0.25, 0.3) is 0 Å². The van der Waals surface area contributed by atoms with Gasteiger partial charge in [-0.15, -0.1) is 0 Å². The lowest BCUT2D eigenvalue weighted by molar-refractivity contribution is -0.122. The van der Waals surface area contributed by atoms with Crippen molar-refractivity contribution in [2.75, 3.05) is 18.6 Å². The van der Waals surface area contributed by atoms with Crippen LogP contribution < -0.4 is 19.2 Å². The van der Waals surface area contributed by atoms with Crippen LogP contribution in [0.3, 0.4) is 0 Å². The summed E-state index contributed by atoms with van der Waals surface area (Å²) in [5.41, 5.74) is 3.57. The highest BCUT2D eigenvalue weighted by Crippen LogP contribution is 2.53. The van der Waals surface area contributed by atoms with Gasteiger partial charge in [0.05, 0.1) is 35.9 Å². The van der Waals surface area contributed by atoms with Gasteiger partial charge in [-0.3, -0.25) is 14.4 Å². The van der Waals surface area contributed by atoms with Gasteiger partial charge in [-0.05, 0) is 61.4 Å². The first-order valence-corrected chi connectivity index (χ1v) is 15.4. The number of nitrogens with one attached hydrogen (secondary N) is 1. The van der Waals surface area contributed by atoms with Gasteiger partial charge >= 0.3 is 10.8 Å². The Bertz CT molecular complexity index is 1780.